The van der Waals surface area contributed by atoms with Crippen molar-refractivity contribution in [2.24, 2.45) is 0 Å². The van der Waals surface area contributed by atoms with Gasteiger partial charge in [-0.1, -0.05) is 36.4 Å². The maximum absolute atomic E-state index is 5.39. The van der Waals surface area contributed by atoms with E-state index >= 15 is 0 Å². The standard InChI is InChI=1S/C12H11O.2BrH.Mg/c1-2-13-12-9-5-7-10-6-3-4-8-11(10)12;;;/h2-9H,1H3;2*1H;/q;;;+2/p-2. The molecule has 0 saturated heterocycles. The number of benzene rings is 2. The van der Waals surface area contributed by atoms with Gasteiger partial charge in [-0.3, -0.25) is 25.8 Å². The van der Waals surface area contributed by atoms with E-state index in [0.717, 1.165) is 11.1 Å². The fourth-order valence-corrected chi connectivity index (χ4v) is 1.43. The van der Waals surface area contributed by atoms with Crippen LogP contribution in [0.1, 0.15) is 6.92 Å². The first-order valence-corrected chi connectivity index (χ1v) is 12.7. The molecule has 0 bridgehead atoms. The molecule has 0 unspecified atom stereocenters. The summed E-state index contributed by atoms with van der Waals surface area (Å²) in [6, 6.07) is 14.2. The van der Waals surface area contributed by atoms with Gasteiger partial charge in [0.25, 0.3) is 0 Å². The van der Waals surface area contributed by atoms with E-state index in [1.54, 1.807) is 6.61 Å². The van der Waals surface area contributed by atoms with Crippen LogP contribution in [0.25, 0.3) is 10.8 Å². The third kappa shape index (κ3) is 4.24. The molecule has 1 radical (unpaired) electrons. The first-order chi connectivity index (χ1) is 7.83. The first-order valence-electron chi connectivity index (χ1n) is 4.87. The molecule has 0 atom stereocenters. The summed E-state index contributed by atoms with van der Waals surface area (Å²) in [5, 5.41) is 2.37. The molecule has 0 aliphatic heterocycles. The Bertz CT molecular complexity index is 429. The molecule has 0 N–H and O–H groups in total. The number of ether oxygens (including phenoxy) is 1. The molecule has 0 aliphatic rings. The summed E-state index contributed by atoms with van der Waals surface area (Å²) >= 11 is 6.44. The maximum Gasteiger partial charge on any atom is 0.560 e. The summed E-state index contributed by atoms with van der Waals surface area (Å²) in [5.41, 5.74) is 0. The molecule has 0 aromatic heterocycles. The van der Waals surface area contributed by atoms with E-state index in [1.165, 1.54) is 5.39 Å². The normalized spacial score (nSPS) is 8.94. The predicted molar refractivity (Wildman–Crippen MR) is 78.2 cm³/mol. The average Bonchev–Trinajstić information content (AvgIpc) is 2.31. The van der Waals surface area contributed by atoms with Gasteiger partial charge in [-0.05, 0) is 18.4 Å². The van der Waals surface area contributed by atoms with E-state index in [0.29, 0.717) is 0 Å². The summed E-state index contributed by atoms with van der Waals surface area (Å²) in [7, 11) is 0. The Hall–Kier alpha value is 0.226. The third-order valence-electron chi connectivity index (χ3n) is 1.99. The fourth-order valence-electron chi connectivity index (χ4n) is 1.43. The molecular formula is C12H11Br2MgO. The summed E-state index contributed by atoms with van der Waals surface area (Å²) < 4.78 is 5.39. The van der Waals surface area contributed by atoms with E-state index in [-0.39, 0.29) is 16.0 Å². The highest BCUT2D eigenvalue weighted by Gasteiger charge is 1.98. The van der Waals surface area contributed by atoms with Crippen LogP contribution in [0.3, 0.4) is 0 Å². The number of halogens is 2. The van der Waals surface area contributed by atoms with Crippen molar-refractivity contribution in [3.63, 3.8) is 0 Å². The Morgan fingerprint density at radius 3 is 2.38 bits per heavy atom. The predicted octanol–water partition coefficient (Wildman–Crippen LogP) is 4.71. The van der Waals surface area contributed by atoms with Crippen LogP contribution in [0.15, 0.2) is 42.5 Å². The minimum absolute atomic E-state index is 0.0417. The Morgan fingerprint density at radius 2 is 1.69 bits per heavy atom. The van der Waals surface area contributed by atoms with Crippen molar-refractivity contribution >= 4 is 52.6 Å². The van der Waals surface area contributed by atoms with Gasteiger partial charge >= 0.3 is 16.0 Å². The van der Waals surface area contributed by atoms with E-state index in [9.17, 15) is 0 Å². The van der Waals surface area contributed by atoms with Gasteiger partial charge in [0.15, 0.2) is 0 Å². The lowest BCUT2D eigenvalue weighted by Crippen LogP contribution is -1.86. The molecule has 0 fully saturated rings. The molecule has 2 aromatic carbocycles. The second-order valence-electron chi connectivity index (χ2n) is 2.93. The van der Waals surface area contributed by atoms with Crippen molar-refractivity contribution in [1.29, 1.82) is 0 Å². The van der Waals surface area contributed by atoms with E-state index < -0.39 is 0 Å². The van der Waals surface area contributed by atoms with Crippen molar-refractivity contribution < 1.29 is 4.74 Å². The van der Waals surface area contributed by atoms with Crippen LogP contribution in [-0.4, -0.2) is 16.0 Å². The number of rotatable bonds is 2. The van der Waals surface area contributed by atoms with Crippen molar-refractivity contribution in [3.05, 3.63) is 49.1 Å². The van der Waals surface area contributed by atoms with Gasteiger partial charge in [0.2, 0.25) is 0 Å². The van der Waals surface area contributed by atoms with E-state index in [1.807, 2.05) is 31.2 Å². The Labute approximate surface area is 118 Å². The van der Waals surface area contributed by atoms with Gasteiger partial charge in [-0.2, -0.15) is 0 Å². The molecule has 81 valence electrons. The lowest BCUT2D eigenvalue weighted by Gasteiger charge is -2.05. The van der Waals surface area contributed by atoms with Gasteiger partial charge < -0.3 is 4.74 Å². The van der Waals surface area contributed by atoms with Crippen LogP contribution < -0.4 is 4.74 Å². The fraction of sp³-hybridized carbons (Fsp3) is 0.0833. The zero-order valence-electron chi connectivity index (χ0n) is 8.99. The molecule has 16 heavy (non-hydrogen) atoms. The highest BCUT2D eigenvalue weighted by molar-refractivity contribution is 9.47. The van der Waals surface area contributed by atoms with Crippen LogP contribution in [0, 0.1) is 6.61 Å². The van der Waals surface area contributed by atoms with Crippen molar-refractivity contribution in [3.8, 4) is 5.75 Å². The highest BCUT2D eigenvalue weighted by atomic mass is 79.9. The van der Waals surface area contributed by atoms with E-state index in [4.69, 9.17) is 4.74 Å². The Balaban J connectivity index is 0.000000386. The Morgan fingerprint density at radius 1 is 1.06 bits per heavy atom. The lowest BCUT2D eigenvalue weighted by molar-refractivity contribution is 0.421. The highest BCUT2D eigenvalue weighted by Crippen LogP contribution is 2.25. The third-order valence-corrected chi connectivity index (χ3v) is 1.99. The smallest absolute Gasteiger partial charge is 0.486 e. The molecule has 0 heterocycles. The molecule has 2 aromatic rings. The van der Waals surface area contributed by atoms with Crippen molar-refractivity contribution in [1.82, 2.24) is 0 Å². The zero-order valence-corrected chi connectivity index (χ0v) is 13.6. The largest absolute Gasteiger partial charge is 0.560 e. The topological polar surface area (TPSA) is 9.23 Å². The molecule has 1 nitrogen and oxygen atoms in total. The van der Waals surface area contributed by atoms with Crippen molar-refractivity contribution in [2.75, 3.05) is 0 Å². The van der Waals surface area contributed by atoms with Gasteiger partial charge in [-0.25, -0.2) is 0 Å². The molecule has 0 aliphatic carbocycles. The van der Waals surface area contributed by atoms with Gasteiger partial charge in [0, 0.05) is 5.39 Å². The molecule has 0 amide bonds. The van der Waals surface area contributed by atoms with Crippen LogP contribution in [0.2, 0.25) is 0 Å². The number of fused-ring (bicyclic) bond motifs is 1. The monoisotopic (exact) mass is 353 g/mol. The Kier molecular flexibility index (Phi) is 7.44. The maximum atomic E-state index is 5.39. The quantitative estimate of drug-likeness (QED) is 0.709. The minimum atomic E-state index is 0.0417. The molecule has 0 saturated carbocycles. The zero-order chi connectivity index (χ0) is 11.8. The number of hydrogen-bond acceptors (Lipinski definition) is 1. The van der Waals surface area contributed by atoms with E-state index in [2.05, 4.69) is 44.0 Å². The van der Waals surface area contributed by atoms with Crippen LogP contribution in [0.5, 0.6) is 5.75 Å². The summed E-state index contributed by atoms with van der Waals surface area (Å²) in [5.74, 6) is 0.917. The number of hydrogen-bond donors (Lipinski definition) is 0. The molecule has 4 heteroatoms. The molecular weight excluding hydrogens is 344 g/mol. The lowest BCUT2D eigenvalue weighted by atomic mass is 10.1. The minimum Gasteiger partial charge on any atom is -0.486 e. The second kappa shape index (κ2) is 8.34. The van der Waals surface area contributed by atoms with Gasteiger partial charge in [0.05, 0.1) is 0 Å². The van der Waals surface area contributed by atoms with Crippen LogP contribution in [0.4, 0.5) is 0 Å². The van der Waals surface area contributed by atoms with Gasteiger partial charge in [0.1, 0.15) is 12.4 Å². The van der Waals surface area contributed by atoms with Crippen molar-refractivity contribution in [2.45, 2.75) is 6.92 Å². The first kappa shape index (κ1) is 14.3. The summed E-state index contributed by atoms with van der Waals surface area (Å²) in [4.78, 5) is 0. The summed E-state index contributed by atoms with van der Waals surface area (Å²) in [6.07, 6.45) is 0. The molecule has 2 rings (SSSR count). The van der Waals surface area contributed by atoms with Gasteiger partial charge in [-0.15, -0.1) is 0 Å². The molecule has 0 spiro atoms. The average molecular weight is 355 g/mol. The van der Waals surface area contributed by atoms with Crippen LogP contribution >= 0.6 is 25.8 Å². The SMILES string of the molecule is C[CH]Oc1cccc2ccccc12.[Br][Mg][Br]. The summed E-state index contributed by atoms with van der Waals surface area (Å²) in [6.45, 7) is 3.57. The van der Waals surface area contributed by atoms with Crippen LogP contribution in [-0.2, 0) is 0 Å². The second-order valence-corrected chi connectivity index (χ2v) is 11.0.